The van der Waals surface area contributed by atoms with Crippen LogP contribution in [0.5, 0.6) is 11.5 Å². The first kappa shape index (κ1) is 18.2. The van der Waals surface area contributed by atoms with Crippen molar-refractivity contribution in [3.63, 3.8) is 0 Å². The molecule has 136 valence electrons. The molecule has 0 amide bonds. The molecule has 0 saturated carbocycles. The van der Waals surface area contributed by atoms with Crippen LogP contribution < -0.4 is 9.47 Å². The summed E-state index contributed by atoms with van der Waals surface area (Å²) in [6, 6.07) is 14.2. The molecule has 0 N–H and O–H groups in total. The van der Waals surface area contributed by atoms with Gasteiger partial charge in [-0.2, -0.15) is 5.26 Å². The number of carbonyl (C=O) groups is 1. The lowest BCUT2D eigenvalue weighted by atomic mass is 10.1. The molecule has 0 saturated heterocycles. The summed E-state index contributed by atoms with van der Waals surface area (Å²) >= 11 is 0. The second-order valence-electron chi connectivity index (χ2n) is 5.60. The lowest BCUT2D eigenvalue weighted by Gasteiger charge is -2.11. The number of benzene rings is 2. The number of hydrogen-bond acceptors (Lipinski definition) is 6. The highest BCUT2D eigenvalue weighted by Crippen LogP contribution is 2.30. The van der Waals surface area contributed by atoms with Gasteiger partial charge in [-0.3, -0.25) is 0 Å². The van der Waals surface area contributed by atoms with E-state index in [0.717, 1.165) is 5.56 Å². The maximum absolute atomic E-state index is 12.2. The van der Waals surface area contributed by atoms with Crippen molar-refractivity contribution in [3.05, 3.63) is 64.9 Å². The van der Waals surface area contributed by atoms with Gasteiger partial charge in [0.25, 0.3) is 0 Å². The lowest BCUT2D eigenvalue weighted by molar-refractivity contribution is -0.129. The molecular formula is C21H18N2O4. The summed E-state index contributed by atoms with van der Waals surface area (Å²) in [4.78, 5) is 16.5. The van der Waals surface area contributed by atoms with Gasteiger partial charge >= 0.3 is 5.97 Å². The van der Waals surface area contributed by atoms with Crippen molar-refractivity contribution >= 4 is 17.9 Å². The second kappa shape index (κ2) is 8.19. The van der Waals surface area contributed by atoms with E-state index >= 15 is 0 Å². The number of rotatable bonds is 6. The molecule has 0 radical (unpaired) electrons. The Morgan fingerprint density at radius 2 is 1.78 bits per heavy atom. The van der Waals surface area contributed by atoms with Gasteiger partial charge in [0.05, 0.1) is 24.8 Å². The van der Waals surface area contributed by atoms with Crippen molar-refractivity contribution in [1.29, 1.82) is 5.26 Å². The predicted molar refractivity (Wildman–Crippen MR) is 101 cm³/mol. The van der Waals surface area contributed by atoms with Gasteiger partial charge < -0.3 is 14.2 Å². The molecule has 1 aliphatic rings. The Bertz CT molecular complexity index is 953. The van der Waals surface area contributed by atoms with Crippen molar-refractivity contribution in [3.8, 4) is 17.6 Å². The van der Waals surface area contributed by atoms with Crippen molar-refractivity contribution in [1.82, 2.24) is 0 Å². The molecule has 27 heavy (non-hydrogen) atoms. The SMILES string of the molecule is CCOc1ccc(C2=N/C(=C\c3ccc(C#N)cc3)C(=O)O2)cc1OCC. The standard InChI is InChI=1S/C21H18N2O4/c1-3-25-18-10-9-16(12-19(18)26-4-2)20-23-17(21(24)27-20)11-14-5-7-15(13-22)8-6-14/h5-12H,3-4H2,1-2H3/b17-11-. The van der Waals surface area contributed by atoms with Crippen LogP contribution in [0, 0.1) is 11.3 Å². The largest absolute Gasteiger partial charge is 0.490 e. The van der Waals surface area contributed by atoms with Gasteiger partial charge in [-0.15, -0.1) is 0 Å². The monoisotopic (exact) mass is 362 g/mol. The Kier molecular flexibility index (Phi) is 5.53. The number of aliphatic imine (C=N–C) groups is 1. The Hall–Kier alpha value is -3.59. The van der Waals surface area contributed by atoms with E-state index in [1.807, 2.05) is 13.8 Å². The van der Waals surface area contributed by atoms with E-state index in [2.05, 4.69) is 11.1 Å². The smallest absolute Gasteiger partial charge is 0.363 e. The summed E-state index contributed by atoms with van der Waals surface area (Å²) in [5.41, 5.74) is 2.13. The first-order valence-corrected chi connectivity index (χ1v) is 8.57. The van der Waals surface area contributed by atoms with Crippen LogP contribution in [0.15, 0.2) is 53.2 Å². The van der Waals surface area contributed by atoms with Crippen molar-refractivity contribution in [2.24, 2.45) is 4.99 Å². The second-order valence-corrected chi connectivity index (χ2v) is 5.60. The van der Waals surface area contributed by atoms with Crippen LogP contribution in [-0.2, 0) is 9.53 Å². The lowest BCUT2D eigenvalue weighted by Crippen LogP contribution is -2.06. The summed E-state index contributed by atoms with van der Waals surface area (Å²) in [6.07, 6.45) is 1.62. The Morgan fingerprint density at radius 3 is 2.44 bits per heavy atom. The van der Waals surface area contributed by atoms with E-state index in [-0.39, 0.29) is 11.6 Å². The number of carbonyl (C=O) groups excluding carboxylic acids is 1. The zero-order chi connectivity index (χ0) is 19.2. The van der Waals surface area contributed by atoms with Gasteiger partial charge in [-0.05, 0) is 55.8 Å². The minimum absolute atomic E-state index is 0.196. The quantitative estimate of drug-likeness (QED) is 0.578. The fourth-order valence-electron chi connectivity index (χ4n) is 2.53. The van der Waals surface area contributed by atoms with Crippen LogP contribution in [0.25, 0.3) is 6.08 Å². The highest BCUT2D eigenvalue weighted by Gasteiger charge is 2.25. The van der Waals surface area contributed by atoms with Crippen molar-refractivity contribution < 1.29 is 19.0 Å². The third kappa shape index (κ3) is 4.15. The average molecular weight is 362 g/mol. The molecule has 3 rings (SSSR count). The third-order valence-corrected chi connectivity index (χ3v) is 3.75. The van der Waals surface area contributed by atoms with Crippen LogP contribution in [0.3, 0.4) is 0 Å². The summed E-state index contributed by atoms with van der Waals surface area (Å²) in [5, 5.41) is 8.85. The molecular weight excluding hydrogens is 344 g/mol. The third-order valence-electron chi connectivity index (χ3n) is 3.75. The Morgan fingerprint density at radius 1 is 1.07 bits per heavy atom. The Balaban J connectivity index is 1.90. The topological polar surface area (TPSA) is 80.9 Å². The normalized spacial score (nSPS) is 14.5. The maximum Gasteiger partial charge on any atom is 0.363 e. The summed E-state index contributed by atoms with van der Waals surface area (Å²) in [7, 11) is 0. The summed E-state index contributed by atoms with van der Waals surface area (Å²) in [5.74, 6) is 0.881. The van der Waals surface area contributed by atoms with Crippen LogP contribution in [0.2, 0.25) is 0 Å². The molecule has 0 aliphatic carbocycles. The van der Waals surface area contributed by atoms with Gasteiger partial charge in [-0.25, -0.2) is 9.79 Å². The van der Waals surface area contributed by atoms with E-state index < -0.39 is 5.97 Å². The molecule has 0 spiro atoms. The molecule has 1 aliphatic heterocycles. The number of cyclic esters (lactones) is 1. The zero-order valence-corrected chi connectivity index (χ0v) is 15.1. The van der Waals surface area contributed by atoms with Gasteiger partial charge in [0.1, 0.15) is 0 Å². The molecule has 1 heterocycles. The molecule has 6 heteroatoms. The molecule has 0 fully saturated rings. The van der Waals surface area contributed by atoms with Crippen LogP contribution in [0.1, 0.15) is 30.5 Å². The average Bonchev–Trinajstić information content (AvgIpc) is 3.04. The van der Waals surface area contributed by atoms with Gasteiger partial charge in [0.2, 0.25) is 5.90 Å². The Labute approximate surface area is 157 Å². The minimum atomic E-state index is -0.527. The number of nitrogens with zero attached hydrogens (tertiary/aromatic N) is 2. The van der Waals surface area contributed by atoms with E-state index in [1.54, 1.807) is 48.5 Å². The van der Waals surface area contributed by atoms with Crippen LogP contribution in [0.4, 0.5) is 0 Å². The minimum Gasteiger partial charge on any atom is -0.490 e. The highest BCUT2D eigenvalue weighted by atomic mass is 16.6. The van der Waals surface area contributed by atoms with Gasteiger partial charge in [0.15, 0.2) is 17.2 Å². The molecule has 2 aromatic rings. The molecule has 0 bridgehead atoms. The van der Waals surface area contributed by atoms with E-state index in [0.29, 0.717) is 35.8 Å². The van der Waals surface area contributed by atoms with Crippen LogP contribution in [-0.4, -0.2) is 25.1 Å². The predicted octanol–water partition coefficient (Wildman–Crippen LogP) is 3.70. The number of esters is 1. The first-order valence-electron chi connectivity index (χ1n) is 8.57. The van der Waals surface area contributed by atoms with E-state index in [1.165, 1.54) is 0 Å². The maximum atomic E-state index is 12.2. The molecule has 6 nitrogen and oxygen atoms in total. The zero-order valence-electron chi connectivity index (χ0n) is 15.1. The highest BCUT2D eigenvalue weighted by molar-refractivity contribution is 6.13. The number of hydrogen-bond donors (Lipinski definition) is 0. The van der Waals surface area contributed by atoms with Crippen molar-refractivity contribution in [2.75, 3.05) is 13.2 Å². The molecule has 2 aromatic carbocycles. The van der Waals surface area contributed by atoms with Crippen LogP contribution >= 0.6 is 0 Å². The summed E-state index contributed by atoms with van der Waals surface area (Å²) in [6.45, 7) is 4.78. The molecule has 0 atom stereocenters. The van der Waals surface area contributed by atoms with Gasteiger partial charge in [-0.1, -0.05) is 12.1 Å². The van der Waals surface area contributed by atoms with E-state index in [9.17, 15) is 4.79 Å². The fourth-order valence-corrected chi connectivity index (χ4v) is 2.53. The summed E-state index contributed by atoms with van der Waals surface area (Å²) < 4.78 is 16.4. The van der Waals surface area contributed by atoms with Crippen molar-refractivity contribution in [2.45, 2.75) is 13.8 Å². The first-order chi connectivity index (χ1) is 13.1. The van der Waals surface area contributed by atoms with E-state index in [4.69, 9.17) is 19.5 Å². The number of ether oxygens (including phenoxy) is 3. The molecule has 0 aromatic heterocycles. The fraction of sp³-hybridized carbons (Fsp3) is 0.190. The number of nitriles is 1. The molecule has 0 unspecified atom stereocenters. The van der Waals surface area contributed by atoms with Gasteiger partial charge in [0, 0.05) is 5.56 Å².